The second-order valence-corrected chi connectivity index (χ2v) is 7.52. The minimum Gasteiger partial charge on any atom is -0.268 e. The van der Waals surface area contributed by atoms with E-state index in [0.29, 0.717) is 18.0 Å². The van der Waals surface area contributed by atoms with Gasteiger partial charge in [-0.25, -0.2) is 13.1 Å². The average molecular weight is 319 g/mol. The van der Waals surface area contributed by atoms with Crippen LogP contribution in [0.5, 0.6) is 0 Å². The molecule has 0 saturated heterocycles. The Labute approximate surface area is 131 Å². The Hall–Kier alpha value is -1.66. The topological polar surface area (TPSA) is 64.0 Å². The van der Waals surface area contributed by atoms with Crippen LogP contribution in [0.15, 0.2) is 35.4 Å². The van der Waals surface area contributed by atoms with Crippen LogP contribution in [-0.2, 0) is 29.4 Å². The molecule has 0 amide bonds. The number of nitrogens with one attached hydrogen (secondary N) is 1. The molecule has 118 valence electrons. The first-order valence-corrected chi connectivity index (χ1v) is 9.14. The number of hydrogen-bond acceptors (Lipinski definition) is 3. The van der Waals surface area contributed by atoms with E-state index in [2.05, 4.69) is 9.82 Å². The minimum absolute atomic E-state index is 0.306. The lowest BCUT2D eigenvalue weighted by molar-refractivity contribution is 0.538. The third kappa shape index (κ3) is 3.23. The van der Waals surface area contributed by atoms with Crippen molar-refractivity contribution in [1.29, 1.82) is 0 Å². The maximum absolute atomic E-state index is 12.2. The van der Waals surface area contributed by atoms with Crippen molar-refractivity contribution in [3.63, 3.8) is 0 Å². The van der Waals surface area contributed by atoms with Gasteiger partial charge in [0.2, 0.25) is 10.0 Å². The molecule has 6 heteroatoms. The van der Waals surface area contributed by atoms with Crippen LogP contribution in [0.25, 0.3) is 0 Å². The molecule has 0 spiro atoms. The molecule has 5 nitrogen and oxygen atoms in total. The number of benzene rings is 1. The van der Waals surface area contributed by atoms with Crippen molar-refractivity contribution >= 4 is 10.0 Å². The zero-order chi connectivity index (χ0) is 15.6. The molecule has 3 rings (SSSR count). The Kier molecular flexibility index (Phi) is 4.31. The third-order valence-electron chi connectivity index (χ3n) is 4.09. The van der Waals surface area contributed by atoms with Gasteiger partial charge in [0, 0.05) is 12.2 Å². The average Bonchev–Trinajstić information content (AvgIpc) is 2.91. The summed E-state index contributed by atoms with van der Waals surface area (Å²) in [5, 5.41) is 4.38. The van der Waals surface area contributed by atoms with Crippen LogP contribution in [0, 0.1) is 6.92 Å². The number of aryl methyl sites for hydroxylation is 2. The Morgan fingerprint density at radius 3 is 2.68 bits per heavy atom. The van der Waals surface area contributed by atoms with Crippen LogP contribution in [0.1, 0.15) is 29.7 Å². The molecule has 22 heavy (non-hydrogen) atoms. The van der Waals surface area contributed by atoms with Crippen molar-refractivity contribution in [2.75, 3.05) is 6.54 Å². The first-order valence-electron chi connectivity index (χ1n) is 7.66. The molecule has 0 radical (unpaired) electrons. The van der Waals surface area contributed by atoms with E-state index in [1.807, 2.05) is 17.8 Å². The lowest BCUT2D eigenvalue weighted by Crippen LogP contribution is -2.28. The fraction of sp³-hybridized carbons (Fsp3) is 0.438. The lowest BCUT2D eigenvalue weighted by atomic mass is 9.98. The molecule has 1 aromatic heterocycles. The largest absolute Gasteiger partial charge is 0.268 e. The highest BCUT2D eigenvalue weighted by Gasteiger charge is 2.16. The van der Waals surface area contributed by atoms with E-state index in [-0.39, 0.29) is 0 Å². The summed E-state index contributed by atoms with van der Waals surface area (Å²) in [6.45, 7) is 2.86. The molecular weight excluding hydrogens is 298 g/mol. The highest BCUT2D eigenvalue weighted by Crippen LogP contribution is 2.20. The molecule has 1 aliphatic carbocycles. The molecule has 0 fully saturated rings. The molecule has 1 aromatic carbocycles. The SMILES string of the molecule is Cc1ccc(S(=O)(=O)NCCn2ncc3c2CCCC3)cc1. The molecule has 0 bridgehead atoms. The molecule has 0 saturated carbocycles. The van der Waals surface area contributed by atoms with Crippen LogP contribution in [0.2, 0.25) is 0 Å². The van der Waals surface area contributed by atoms with E-state index in [1.165, 1.54) is 24.1 Å². The van der Waals surface area contributed by atoms with Crippen LogP contribution in [-0.4, -0.2) is 24.7 Å². The molecule has 1 heterocycles. The van der Waals surface area contributed by atoms with Crippen LogP contribution < -0.4 is 4.72 Å². The summed E-state index contributed by atoms with van der Waals surface area (Å²) in [4.78, 5) is 0.306. The van der Waals surface area contributed by atoms with Crippen LogP contribution in [0.4, 0.5) is 0 Å². The van der Waals surface area contributed by atoms with Gasteiger partial charge in [0.25, 0.3) is 0 Å². The molecule has 2 aromatic rings. The first kappa shape index (κ1) is 15.2. The highest BCUT2D eigenvalue weighted by molar-refractivity contribution is 7.89. The predicted octanol–water partition coefficient (Wildman–Crippen LogP) is 2.05. The van der Waals surface area contributed by atoms with Crippen molar-refractivity contribution < 1.29 is 8.42 Å². The normalized spacial score (nSPS) is 14.8. The molecule has 0 atom stereocenters. The number of hydrogen-bond donors (Lipinski definition) is 1. The van der Waals surface area contributed by atoms with E-state index >= 15 is 0 Å². The van der Waals surface area contributed by atoms with Crippen molar-refractivity contribution in [2.45, 2.75) is 44.0 Å². The maximum Gasteiger partial charge on any atom is 0.240 e. The van der Waals surface area contributed by atoms with E-state index in [9.17, 15) is 8.42 Å². The van der Waals surface area contributed by atoms with Crippen molar-refractivity contribution in [3.8, 4) is 0 Å². The molecule has 0 unspecified atom stereocenters. The monoisotopic (exact) mass is 319 g/mol. The summed E-state index contributed by atoms with van der Waals surface area (Å²) in [6, 6.07) is 6.87. The second kappa shape index (κ2) is 6.22. The van der Waals surface area contributed by atoms with Crippen molar-refractivity contribution in [1.82, 2.24) is 14.5 Å². The van der Waals surface area contributed by atoms with Gasteiger partial charge in [0.15, 0.2) is 0 Å². The summed E-state index contributed by atoms with van der Waals surface area (Å²) < 4.78 is 29.0. The zero-order valence-electron chi connectivity index (χ0n) is 12.7. The van der Waals surface area contributed by atoms with Gasteiger partial charge in [-0.3, -0.25) is 4.68 Å². The highest BCUT2D eigenvalue weighted by atomic mass is 32.2. The summed E-state index contributed by atoms with van der Waals surface area (Å²) in [5.74, 6) is 0. The lowest BCUT2D eigenvalue weighted by Gasteiger charge is -2.14. The van der Waals surface area contributed by atoms with Gasteiger partial charge >= 0.3 is 0 Å². The number of fused-ring (bicyclic) bond motifs is 1. The number of rotatable bonds is 5. The van der Waals surface area contributed by atoms with Gasteiger partial charge in [-0.15, -0.1) is 0 Å². The number of nitrogens with zero attached hydrogens (tertiary/aromatic N) is 2. The molecular formula is C16H21N3O2S. The van der Waals surface area contributed by atoms with Gasteiger partial charge in [-0.2, -0.15) is 5.10 Å². The van der Waals surface area contributed by atoms with Crippen LogP contribution >= 0.6 is 0 Å². The Bertz CT molecular complexity index is 748. The molecule has 0 aliphatic heterocycles. The molecule has 1 aliphatic rings. The number of sulfonamides is 1. The van der Waals surface area contributed by atoms with Crippen molar-refractivity contribution in [3.05, 3.63) is 47.3 Å². The maximum atomic E-state index is 12.2. The van der Waals surface area contributed by atoms with Crippen LogP contribution in [0.3, 0.4) is 0 Å². The summed E-state index contributed by atoms with van der Waals surface area (Å²) in [7, 11) is -3.44. The smallest absolute Gasteiger partial charge is 0.240 e. The minimum atomic E-state index is -3.44. The van der Waals surface area contributed by atoms with E-state index in [0.717, 1.165) is 18.4 Å². The third-order valence-corrected chi connectivity index (χ3v) is 5.57. The van der Waals surface area contributed by atoms with Gasteiger partial charge in [0.1, 0.15) is 0 Å². The fourth-order valence-corrected chi connectivity index (χ4v) is 3.86. The number of aromatic nitrogens is 2. The summed E-state index contributed by atoms with van der Waals surface area (Å²) >= 11 is 0. The Morgan fingerprint density at radius 1 is 1.18 bits per heavy atom. The van der Waals surface area contributed by atoms with Gasteiger partial charge in [0.05, 0.1) is 17.6 Å². The molecule has 1 N–H and O–H groups in total. The Morgan fingerprint density at radius 2 is 1.91 bits per heavy atom. The van der Waals surface area contributed by atoms with Crippen molar-refractivity contribution in [2.24, 2.45) is 0 Å². The standard InChI is InChI=1S/C16H21N3O2S/c1-13-6-8-15(9-7-13)22(20,21)18-10-11-19-16-5-3-2-4-14(16)12-17-19/h6-9,12,18H,2-5,10-11H2,1H3. The predicted molar refractivity (Wildman–Crippen MR) is 85.2 cm³/mol. The summed E-state index contributed by atoms with van der Waals surface area (Å²) in [6.07, 6.45) is 6.46. The first-order chi connectivity index (χ1) is 10.6. The van der Waals surface area contributed by atoms with E-state index in [1.54, 1.807) is 24.3 Å². The van der Waals surface area contributed by atoms with E-state index < -0.39 is 10.0 Å². The van der Waals surface area contributed by atoms with Gasteiger partial charge < -0.3 is 0 Å². The van der Waals surface area contributed by atoms with Gasteiger partial charge in [-0.1, -0.05) is 17.7 Å². The zero-order valence-corrected chi connectivity index (χ0v) is 13.6. The Balaban J connectivity index is 1.63. The second-order valence-electron chi connectivity index (χ2n) is 5.76. The fourth-order valence-electron chi connectivity index (χ4n) is 2.84. The van der Waals surface area contributed by atoms with Gasteiger partial charge in [-0.05, 0) is 50.3 Å². The summed E-state index contributed by atoms with van der Waals surface area (Å²) in [5.41, 5.74) is 3.62. The quantitative estimate of drug-likeness (QED) is 0.917. The van der Waals surface area contributed by atoms with E-state index in [4.69, 9.17) is 0 Å².